The van der Waals surface area contributed by atoms with Crippen LogP contribution in [0, 0.1) is 5.82 Å². The van der Waals surface area contributed by atoms with Gasteiger partial charge in [0, 0.05) is 30.4 Å². The summed E-state index contributed by atoms with van der Waals surface area (Å²) in [5.41, 5.74) is 5.51. The number of esters is 1. The summed E-state index contributed by atoms with van der Waals surface area (Å²) in [6, 6.07) is 6.42. The number of carbonyl (C=O) groups is 1. The first kappa shape index (κ1) is 24.1. The van der Waals surface area contributed by atoms with Crippen molar-refractivity contribution in [3.8, 4) is 11.1 Å². The highest BCUT2D eigenvalue weighted by molar-refractivity contribution is 5.80. The second kappa shape index (κ2) is 10.4. The summed E-state index contributed by atoms with van der Waals surface area (Å²) in [4.78, 5) is 16.8. The van der Waals surface area contributed by atoms with Gasteiger partial charge in [0.15, 0.2) is 0 Å². The molecule has 0 radical (unpaired) electrons. The van der Waals surface area contributed by atoms with E-state index in [-0.39, 0.29) is 24.1 Å². The van der Waals surface area contributed by atoms with Gasteiger partial charge in [0.1, 0.15) is 11.9 Å². The molecule has 5 nitrogen and oxygen atoms in total. The SMILES string of the molecule is COCc1c(C(C)C)nc(C(C)C)c(/C=C/[C@H]2C[C@@H](O)CC(=O)O2)c1-c1ccc(F)cc1. The highest BCUT2D eigenvalue weighted by Gasteiger charge is 2.27. The van der Waals surface area contributed by atoms with Crippen molar-refractivity contribution in [2.24, 2.45) is 0 Å². The van der Waals surface area contributed by atoms with Gasteiger partial charge in [0.2, 0.25) is 0 Å². The maximum atomic E-state index is 13.7. The molecule has 1 aliphatic heterocycles. The van der Waals surface area contributed by atoms with Gasteiger partial charge < -0.3 is 14.6 Å². The molecule has 2 atom stereocenters. The molecule has 0 saturated carbocycles. The largest absolute Gasteiger partial charge is 0.458 e. The summed E-state index contributed by atoms with van der Waals surface area (Å²) in [7, 11) is 1.65. The number of methoxy groups -OCH3 is 1. The predicted octanol–water partition coefficient (Wildman–Crippen LogP) is 5.36. The van der Waals surface area contributed by atoms with Crippen LogP contribution in [0.3, 0.4) is 0 Å². The Hall–Kier alpha value is -2.57. The molecule has 1 saturated heterocycles. The summed E-state index contributed by atoms with van der Waals surface area (Å²) in [6.45, 7) is 8.72. The minimum Gasteiger partial charge on any atom is -0.458 e. The Kier molecular flexibility index (Phi) is 7.80. The third kappa shape index (κ3) is 5.43. The van der Waals surface area contributed by atoms with Crippen molar-refractivity contribution in [3.05, 3.63) is 58.7 Å². The van der Waals surface area contributed by atoms with Crippen LogP contribution in [0.1, 0.15) is 74.9 Å². The van der Waals surface area contributed by atoms with Crippen LogP contribution >= 0.6 is 0 Å². The van der Waals surface area contributed by atoms with E-state index in [0.717, 1.165) is 33.6 Å². The quantitative estimate of drug-likeness (QED) is 0.586. The molecule has 1 N–H and O–H groups in total. The molecule has 32 heavy (non-hydrogen) atoms. The Balaban J connectivity index is 2.24. The molecule has 1 fully saturated rings. The number of cyclic esters (lactones) is 1. The molecule has 0 unspecified atom stereocenters. The van der Waals surface area contributed by atoms with Crippen LogP contribution in [0.5, 0.6) is 0 Å². The van der Waals surface area contributed by atoms with Crippen molar-refractivity contribution in [2.75, 3.05) is 7.11 Å². The number of benzene rings is 1. The summed E-state index contributed by atoms with van der Waals surface area (Å²) >= 11 is 0. The van der Waals surface area contributed by atoms with Crippen LogP contribution in [0.4, 0.5) is 4.39 Å². The van der Waals surface area contributed by atoms with Gasteiger partial charge in [-0.15, -0.1) is 0 Å². The maximum Gasteiger partial charge on any atom is 0.309 e. The molecule has 2 heterocycles. The van der Waals surface area contributed by atoms with E-state index in [2.05, 4.69) is 27.7 Å². The Morgan fingerprint density at radius 2 is 1.84 bits per heavy atom. The van der Waals surface area contributed by atoms with Gasteiger partial charge in [-0.1, -0.05) is 45.9 Å². The highest BCUT2D eigenvalue weighted by atomic mass is 19.1. The fourth-order valence-electron chi connectivity index (χ4n) is 4.13. The second-order valence-electron chi connectivity index (χ2n) is 8.88. The van der Waals surface area contributed by atoms with Crippen molar-refractivity contribution in [3.63, 3.8) is 0 Å². The Morgan fingerprint density at radius 3 is 2.41 bits per heavy atom. The van der Waals surface area contributed by atoms with E-state index in [1.807, 2.05) is 12.2 Å². The smallest absolute Gasteiger partial charge is 0.309 e. The van der Waals surface area contributed by atoms with Gasteiger partial charge in [-0.05, 0) is 41.2 Å². The number of carbonyl (C=O) groups excluding carboxylic acids is 1. The van der Waals surface area contributed by atoms with E-state index >= 15 is 0 Å². The average Bonchev–Trinajstić information content (AvgIpc) is 2.72. The van der Waals surface area contributed by atoms with Gasteiger partial charge in [0.25, 0.3) is 0 Å². The summed E-state index contributed by atoms with van der Waals surface area (Å²) < 4.78 is 24.6. The fourth-order valence-corrected chi connectivity index (χ4v) is 4.13. The number of aliphatic hydroxyl groups excluding tert-OH is 1. The normalized spacial score (nSPS) is 19.2. The zero-order chi connectivity index (χ0) is 23.4. The van der Waals surface area contributed by atoms with Crippen molar-refractivity contribution in [1.29, 1.82) is 0 Å². The Labute approximate surface area is 189 Å². The van der Waals surface area contributed by atoms with Crippen molar-refractivity contribution < 1.29 is 23.8 Å². The number of hydrogen-bond acceptors (Lipinski definition) is 5. The van der Waals surface area contributed by atoms with Crippen LogP contribution in [0.15, 0.2) is 30.3 Å². The standard InChI is InChI=1S/C26H32FNO4/c1-15(2)25-21(11-10-20-12-19(29)13-23(30)32-20)24(17-6-8-18(27)9-7-17)22(14-31-5)26(28-25)16(3)4/h6-11,15-16,19-20,29H,12-14H2,1-5H3/b11-10+/t19-,20+/m1/s1. The number of nitrogens with zero attached hydrogens (tertiary/aromatic N) is 1. The molecule has 3 rings (SSSR count). The van der Waals surface area contributed by atoms with Gasteiger partial charge in [-0.3, -0.25) is 9.78 Å². The van der Waals surface area contributed by atoms with Crippen molar-refractivity contribution >= 4 is 12.0 Å². The zero-order valence-corrected chi connectivity index (χ0v) is 19.4. The van der Waals surface area contributed by atoms with Crippen molar-refractivity contribution in [2.45, 2.75) is 71.2 Å². The molecular weight excluding hydrogens is 409 g/mol. The van der Waals surface area contributed by atoms with Crippen LogP contribution in [-0.2, 0) is 20.9 Å². The molecule has 172 valence electrons. The third-order valence-electron chi connectivity index (χ3n) is 5.58. The second-order valence-corrected chi connectivity index (χ2v) is 8.88. The van der Waals surface area contributed by atoms with E-state index in [4.69, 9.17) is 14.5 Å². The fraction of sp³-hybridized carbons (Fsp3) is 0.462. The van der Waals surface area contributed by atoms with E-state index in [0.29, 0.717) is 13.0 Å². The molecule has 0 bridgehead atoms. The zero-order valence-electron chi connectivity index (χ0n) is 19.4. The van der Waals surface area contributed by atoms with E-state index in [1.165, 1.54) is 12.1 Å². The first-order chi connectivity index (χ1) is 15.2. The van der Waals surface area contributed by atoms with Crippen LogP contribution in [0.2, 0.25) is 0 Å². The van der Waals surface area contributed by atoms with Crippen LogP contribution < -0.4 is 0 Å². The van der Waals surface area contributed by atoms with Gasteiger partial charge in [-0.25, -0.2) is 4.39 Å². The molecule has 2 aromatic rings. The molecule has 1 aliphatic rings. The number of hydrogen-bond donors (Lipinski definition) is 1. The minimum absolute atomic E-state index is 0.0189. The molecule has 0 spiro atoms. The van der Waals surface area contributed by atoms with Gasteiger partial charge in [-0.2, -0.15) is 0 Å². The molecule has 1 aromatic carbocycles. The minimum atomic E-state index is -0.711. The lowest BCUT2D eigenvalue weighted by Crippen LogP contribution is -2.31. The van der Waals surface area contributed by atoms with Gasteiger partial charge in [0.05, 0.1) is 24.8 Å². The monoisotopic (exact) mass is 441 g/mol. The lowest BCUT2D eigenvalue weighted by atomic mass is 9.87. The lowest BCUT2D eigenvalue weighted by molar-refractivity contribution is -0.156. The highest BCUT2D eigenvalue weighted by Crippen LogP contribution is 2.38. The van der Waals surface area contributed by atoms with Crippen LogP contribution in [-0.4, -0.2) is 35.4 Å². The maximum absolute atomic E-state index is 13.7. The number of halogens is 1. The molecule has 6 heteroatoms. The Morgan fingerprint density at radius 1 is 1.19 bits per heavy atom. The Bertz CT molecular complexity index is 982. The first-order valence-corrected chi connectivity index (χ1v) is 11.1. The number of ether oxygens (including phenoxy) is 2. The molecule has 1 aromatic heterocycles. The van der Waals surface area contributed by atoms with E-state index in [1.54, 1.807) is 19.2 Å². The number of aromatic nitrogens is 1. The number of rotatable bonds is 7. The van der Waals surface area contributed by atoms with E-state index in [9.17, 15) is 14.3 Å². The molecule has 0 amide bonds. The van der Waals surface area contributed by atoms with E-state index < -0.39 is 18.2 Å². The number of aliphatic hydroxyl groups is 1. The first-order valence-electron chi connectivity index (χ1n) is 11.1. The van der Waals surface area contributed by atoms with Crippen LogP contribution in [0.25, 0.3) is 17.2 Å². The predicted molar refractivity (Wildman–Crippen MR) is 123 cm³/mol. The summed E-state index contributed by atoms with van der Waals surface area (Å²) in [5.74, 6) is -0.411. The number of pyridine rings is 1. The van der Waals surface area contributed by atoms with Gasteiger partial charge >= 0.3 is 5.97 Å². The topological polar surface area (TPSA) is 68.7 Å². The third-order valence-corrected chi connectivity index (χ3v) is 5.58. The average molecular weight is 442 g/mol. The molecular formula is C26H32FNO4. The summed E-state index contributed by atoms with van der Waals surface area (Å²) in [6.07, 6.45) is 2.88. The van der Waals surface area contributed by atoms with Crippen molar-refractivity contribution in [1.82, 2.24) is 4.98 Å². The summed E-state index contributed by atoms with van der Waals surface area (Å²) in [5, 5.41) is 9.96. The lowest BCUT2D eigenvalue weighted by Gasteiger charge is -2.25. The molecule has 0 aliphatic carbocycles.